The molecule has 0 saturated carbocycles. The first-order chi connectivity index (χ1) is 13.2. The molecule has 0 amide bonds. The van der Waals surface area contributed by atoms with Gasteiger partial charge in [-0.3, -0.25) is 5.43 Å². The summed E-state index contributed by atoms with van der Waals surface area (Å²) in [5, 5.41) is 14.2. The number of nitrogens with one attached hydrogen (secondary N) is 2. The van der Waals surface area contributed by atoms with Gasteiger partial charge in [-0.1, -0.05) is 18.2 Å². The number of rotatable bonds is 5. The summed E-state index contributed by atoms with van der Waals surface area (Å²) in [4.78, 5) is 8.47. The molecule has 0 bridgehead atoms. The van der Waals surface area contributed by atoms with Crippen molar-refractivity contribution in [3.05, 3.63) is 65.7 Å². The Labute approximate surface area is 150 Å². The topological polar surface area (TPSA) is 101 Å². The summed E-state index contributed by atoms with van der Waals surface area (Å²) in [6.45, 7) is 0. The van der Waals surface area contributed by atoms with Gasteiger partial charge in [0.1, 0.15) is 11.6 Å². The molecule has 2 aromatic carbocycles. The van der Waals surface area contributed by atoms with Crippen LogP contribution in [-0.2, 0) is 0 Å². The molecule has 0 aliphatic carbocycles. The predicted octanol–water partition coefficient (Wildman–Crippen LogP) is 3.48. The Hall–Kier alpha value is -3.95. The van der Waals surface area contributed by atoms with Gasteiger partial charge in [0.2, 0.25) is 11.3 Å². The van der Waals surface area contributed by atoms with E-state index in [0.29, 0.717) is 11.3 Å². The number of benzene rings is 2. The maximum Gasteiger partial charge on any atom is 0.245 e. The van der Waals surface area contributed by atoms with E-state index in [4.69, 9.17) is 0 Å². The second-order valence-corrected chi connectivity index (χ2v) is 5.36. The minimum Gasteiger partial charge on any atom is -0.337 e. The van der Waals surface area contributed by atoms with Crippen molar-refractivity contribution in [3.8, 4) is 0 Å². The zero-order valence-electron chi connectivity index (χ0n) is 13.6. The Morgan fingerprint density at radius 1 is 0.889 bits per heavy atom. The third-order valence-corrected chi connectivity index (χ3v) is 3.50. The van der Waals surface area contributed by atoms with E-state index >= 15 is 0 Å². The molecule has 0 fully saturated rings. The van der Waals surface area contributed by atoms with Gasteiger partial charge >= 0.3 is 0 Å². The van der Waals surface area contributed by atoms with Crippen molar-refractivity contribution in [2.24, 2.45) is 5.10 Å². The predicted molar refractivity (Wildman–Crippen MR) is 94.7 cm³/mol. The Morgan fingerprint density at radius 3 is 2.33 bits per heavy atom. The first-order valence-electron chi connectivity index (χ1n) is 7.75. The summed E-state index contributed by atoms with van der Waals surface area (Å²) in [6, 6.07) is 11.9. The van der Waals surface area contributed by atoms with Crippen LogP contribution >= 0.6 is 0 Å². The van der Waals surface area contributed by atoms with Gasteiger partial charge in [0, 0.05) is 11.3 Å². The Kier molecular flexibility index (Phi) is 4.35. The second kappa shape index (κ2) is 7.12. The summed E-state index contributed by atoms with van der Waals surface area (Å²) >= 11 is 0. The second-order valence-electron chi connectivity index (χ2n) is 5.36. The van der Waals surface area contributed by atoms with Crippen molar-refractivity contribution in [3.63, 3.8) is 0 Å². The lowest BCUT2D eigenvalue weighted by Crippen LogP contribution is -2.03. The molecule has 2 N–H and O–H groups in total. The molecule has 0 aliphatic rings. The molecule has 27 heavy (non-hydrogen) atoms. The van der Waals surface area contributed by atoms with Crippen molar-refractivity contribution < 1.29 is 13.4 Å². The Morgan fingerprint density at radius 2 is 1.59 bits per heavy atom. The summed E-state index contributed by atoms with van der Waals surface area (Å²) in [6.07, 6.45) is 1.31. The molecule has 10 heteroatoms. The van der Waals surface area contributed by atoms with Crippen molar-refractivity contribution in [2.45, 2.75) is 0 Å². The van der Waals surface area contributed by atoms with E-state index in [-0.39, 0.29) is 28.7 Å². The molecule has 8 nitrogen and oxygen atoms in total. The number of fused-ring (bicyclic) bond motifs is 1. The summed E-state index contributed by atoms with van der Waals surface area (Å²) in [5.74, 6) is -0.309. The highest BCUT2D eigenvalue weighted by Crippen LogP contribution is 2.23. The normalized spacial score (nSPS) is 11.2. The SMILES string of the molecule is Fc1ccc(Nc2nc3nonc3nc2N/N=C/c2ccccc2F)cc1. The molecule has 2 heterocycles. The van der Waals surface area contributed by atoms with Crippen LogP contribution in [-0.4, -0.2) is 26.5 Å². The van der Waals surface area contributed by atoms with Crippen molar-refractivity contribution >= 4 is 34.8 Å². The van der Waals surface area contributed by atoms with Gasteiger partial charge in [-0.05, 0) is 40.6 Å². The summed E-state index contributed by atoms with van der Waals surface area (Å²) in [7, 11) is 0. The van der Waals surface area contributed by atoms with E-state index in [9.17, 15) is 8.78 Å². The number of hydrogen-bond acceptors (Lipinski definition) is 8. The van der Waals surface area contributed by atoms with Crippen LogP contribution < -0.4 is 10.7 Å². The van der Waals surface area contributed by atoms with Crippen molar-refractivity contribution in [2.75, 3.05) is 10.7 Å². The average Bonchev–Trinajstić information content (AvgIpc) is 3.12. The fourth-order valence-electron chi connectivity index (χ4n) is 2.22. The molecule has 0 aliphatic heterocycles. The molecule has 4 aromatic rings. The smallest absolute Gasteiger partial charge is 0.245 e. The summed E-state index contributed by atoms with van der Waals surface area (Å²) < 4.78 is 31.4. The lowest BCUT2D eigenvalue weighted by molar-refractivity contribution is 0.314. The van der Waals surface area contributed by atoms with Gasteiger partial charge in [0.25, 0.3) is 0 Å². The monoisotopic (exact) mass is 367 g/mol. The molecule has 0 atom stereocenters. The van der Waals surface area contributed by atoms with Crippen molar-refractivity contribution in [1.82, 2.24) is 20.3 Å². The van der Waals surface area contributed by atoms with E-state index in [2.05, 4.69) is 40.8 Å². The van der Waals surface area contributed by atoms with Crippen LogP contribution in [0, 0.1) is 11.6 Å². The zero-order chi connectivity index (χ0) is 18.6. The number of anilines is 3. The van der Waals surface area contributed by atoms with Crippen LogP contribution in [0.4, 0.5) is 26.1 Å². The van der Waals surface area contributed by atoms with E-state index in [1.54, 1.807) is 18.2 Å². The van der Waals surface area contributed by atoms with Crippen LogP contribution in [0.1, 0.15) is 5.56 Å². The number of hydrazone groups is 1. The highest BCUT2D eigenvalue weighted by Gasteiger charge is 2.13. The molecular weight excluding hydrogens is 356 g/mol. The third kappa shape index (κ3) is 3.68. The van der Waals surface area contributed by atoms with E-state index in [0.717, 1.165) is 0 Å². The van der Waals surface area contributed by atoms with E-state index < -0.39 is 5.82 Å². The lowest BCUT2D eigenvalue weighted by Gasteiger charge is -2.09. The van der Waals surface area contributed by atoms with Gasteiger partial charge in [0.05, 0.1) is 6.21 Å². The fourth-order valence-corrected chi connectivity index (χ4v) is 2.22. The number of hydrogen-bond donors (Lipinski definition) is 2. The van der Waals surface area contributed by atoms with Crippen LogP contribution in [0.5, 0.6) is 0 Å². The van der Waals surface area contributed by atoms with Gasteiger partial charge in [-0.2, -0.15) is 10.1 Å². The minimum atomic E-state index is -0.407. The third-order valence-electron chi connectivity index (χ3n) is 3.50. The molecule has 0 unspecified atom stereocenters. The first kappa shape index (κ1) is 16.5. The standard InChI is InChI=1S/C17H11F2N7O/c18-11-5-7-12(8-6-11)21-14-15(23-17-16(22-14)25-27-26-17)24-20-9-10-3-1-2-4-13(10)19/h1-9H,(H,21,22,25)(H,23,24,26)/b20-9+. The quantitative estimate of drug-likeness (QED) is 0.411. The lowest BCUT2D eigenvalue weighted by atomic mass is 10.2. The number of halogens is 2. The van der Waals surface area contributed by atoms with Crippen molar-refractivity contribution in [1.29, 1.82) is 0 Å². The van der Waals surface area contributed by atoms with Crippen LogP contribution in [0.25, 0.3) is 11.3 Å². The van der Waals surface area contributed by atoms with Gasteiger partial charge in [-0.15, -0.1) is 0 Å². The Balaban J connectivity index is 1.63. The molecule has 134 valence electrons. The molecule has 0 spiro atoms. The Bertz CT molecular complexity index is 1110. The highest BCUT2D eigenvalue weighted by molar-refractivity contribution is 5.81. The fraction of sp³-hybridized carbons (Fsp3) is 0. The molecule has 0 radical (unpaired) electrons. The number of aromatic nitrogens is 4. The van der Waals surface area contributed by atoms with E-state index in [1.807, 2.05) is 0 Å². The van der Waals surface area contributed by atoms with Gasteiger partial charge in [0.15, 0.2) is 11.6 Å². The van der Waals surface area contributed by atoms with E-state index in [1.165, 1.54) is 36.5 Å². The zero-order valence-corrected chi connectivity index (χ0v) is 13.6. The maximum atomic E-state index is 13.7. The van der Waals surface area contributed by atoms with Gasteiger partial charge < -0.3 is 5.32 Å². The highest BCUT2D eigenvalue weighted by atomic mass is 19.1. The molecule has 4 rings (SSSR count). The van der Waals surface area contributed by atoms with Crippen LogP contribution in [0.2, 0.25) is 0 Å². The molecular formula is C17H11F2N7O. The molecule has 0 saturated heterocycles. The molecule has 2 aromatic heterocycles. The number of nitrogens with zero attached hydrogens (tertiary/aromatic N) is 5. The first-order valence-corrected chi connectivity index (χ1v) is 7.75. The maximum absolute atomic E-state index is 13.7. The average molecular weight is 367 g/mol. The van der Waals surface area contributed by atoms with Crippen LogP contribution in [0.3, 0.4) is 0 Å². The van der Waals surface area contributed by atoms with Crippen LogP contribution in [0.15, 0.2) is 58.3 Å². The largest absolute Gasteiger partial charge is 0.337 e. The van der Waals surface area contributed by atoms with Gasteiger partial charge in [-0.25, -0.2) is 18.4 Å². The summed E-state index contributed by atoms with van der Waals surface area (Å²) in [5.41, 5.74) is 3.91. The minimum absolute atomic E-state index is 0.170.